The van der Waals surface area contributed by atoms with Crippen LogP contribution in [0.3, 0.4) is 0 Å². The Hall–Kier alpha value is -1.81. The summed E-state index contributed by atoms with van der Waals surface area (Å²) < 4.78 is 13.5. The normalized spacial score (nSPS) is 10.6. The molecule has 0 bridgehead atoms. The summed E-state index contributed by atoms with van der Waals surface area (Å²) in [5.41, 5.74) is 1.55. The number of halogens is 1. The van der Waals surface area contributed by atoms with Gasteiger partial charge in [-0.05, 0) is 24.2 Å². The molecule has 0 aliphatic rings. The summed E-state index contributed by atoms with van der Waals surface area (Å²) >= 11 is 0. The Morgan fingerprint density at radius 1 is 1.22 bits per heavy atom. The van der Waals surface area contributed by atoms with Gasteiger partial charge in [0.2, 0.25) is 0 Å². The number of benzene rings is 1. The first-order valence-electron chi connectivity index (χ1n) is 6.04. The van der Waals surface area contributed by atoms with Crippen LogP contribution >= 0.6 is 0 Å². The molecular formula is C14H16FN3. The Kier molecular flexibility index (Phi) is 4.36. The predicted molar refractivity (Wildman–Crippen MR) is 68.6 cm³/mol. The zero-order valence-corrected chi connectivity index (χ0v) is 10.4. The van der Waals surface area contributed by atoms with Crippen LogP contribution in [0.5, 0.6) is 0 Å². The van der Waals surface area contributed by atoms with Crippen molar-refractivity contribution in [3.63, 3.8) is 0 Å². The number of nitrogens with one attached hydrogen (secondary N) is 1. The van der Waals surface area contributed by atoms with E-state index in [0.717, 1.165) is 12.2 Å². The van der Waals surface area contributed by atoms with Gasteiger partial charge in [0.1, 0.15) is 11.6 Å². The SMILES string of the molecule is CCNCc1ccnc(Cc2ccccc2F)n1. The molecular weight excluding hydrogens is 229 g/mol. The molecule has 0 fully saturated rings. The van der Waals surface area contributed by atoms with Gasteiger partial charge in [-0.1, -0.05) is 25.1 Å². The van der Waals surface area contributed by atoms with Crippen molar-refractivity contribution in [1.29, 1.82) is 0 Å². The van der Waals surface area contributed by atoms with E-state index in [-0.39, 0.29) is 5.82 Å². The number of hydrogen-bond donors (Lipinski definition) is 1. The standard InChI is InChI=1S/C14H16FN3/c1-2-16-10-12-7-8-17-14(18-12)9-11-5-3-4-6-13(11)15/h3-8,16H,2,9-10H2,1H3. The summed E-state index contributed by atoms with van der Waals surface area (Å²) in [6, 6.07) is 8.59. The van der Waals surface area contributed by atoms with Crippen molar-refractivity contribution in [2.45, 2.75) is 19.9 Å². The highest BCUT2D eigenvalue weighted by Crippen LogP contribution is 2.10. The van der Waals surface area contributed by atoms with Gasteiger partial charge in [0.05, 0.1) is 5.69 Å². The van der Waals surface area contributed by atoms with Gasteiger partial charge in [0.25, 0.3) is 0 Å². The quantitative estimate of drug-likeness (QED) is 0.878. The predicted octanol–water partition coefficient (Wildman–Crippen LogP) is 2.32. The van der Waals surface area contributed by atoms with Crippen LogP contribution in [0.4, 0.5) is 4.39 Å². The minimum Gasteiger partial charge on any atom is -0.311 e. The molecule has 4 heteroatoms. The Morgan fingerprint density at radius 3 is 2.83 bits per heavy atom. The van der Waals surface area contributed by atoms with Crippen LogP contribution in [0.2, 0.25) is 0 Å². The van der Waals surface area contributed by atoms with E-state index in [4.69, 9.17) is 0 Å². The summed E-state index contributed by atoms with van der Waals surface area (Å²) in [6.45, 7) is 3.65. The van der Waals surface area contributed by atoms with Crippen molar-refractivity contribution in [2.24, 2.45) is 0 Å². The fourth-order valence-corrected chi connectivity index (χ4v) is 1.69. The summed E-state index contributed by atoms with van der Waals surface area (Å²) in [7, 11) is 0. The average Bonchev–Trinajstić information content (AvgIpc) is 2.40. The second-order valence-corrected chi connectivity index (χ2v) is 4.01. The van der Waals surface area contributed by atoms with Gasteiger partial charge in [-0.15, -0.1) is 0 Å². The maximum absolute atomic E-state index is 13.5. The van der Waals surface area contributed by atoms with Crippen LogP contribution in [0.15, 0.2) is 36.5 Å². The summed E-state index contributed by atoms with van der Waals surface area (Å²) in [5.74, 6) is 0.439. The Balaban J connectivity index is 2.12. The van der Waals surface area contributed by atoms with E-state index >= 15 is 0 Å². The van der Waals surface area contributed by atoms with Gasteiger partial charge in [0, 0.05) is 19.2 Å². The summed E-state index contributed by atoms with van der Waals surface area (Å²) in [4.78, 5) is 8.58. The van der Waals surface area contributed by atoms with Crippen LogP contribution in [-0.2, 0) is 13.0 Å². The lowest BCUT2D eigenvalue weighted by atomic mass is 10.1. The first-order chi connectivity index (χ1) is 8.79. The van der Waals surface area contributed by atoms with E-state index < -0.39 is 0 Å². The Morgan fingerprint density at radius 2 is 2.06 bits per heavy atom. The van der Waals surface area contributed by atoms with Gasteiger partial charge in [-0.2, -0.15) is 0 Å². The van der Waals surface area contributed by atoms with Crippen LogP contribution < -0.4 is 5.32 Å². The topological polar surface area (TPSA) is 37.8 Å². The van der Waals surface area contributed by atoms with Gasteiger partial charge in [-0.25, -0.2) is 14.4 Å². The molecule has 0 aliphatic carbocycles. The van der Waals surface area contributed by atoms with Crippen LogP contribution in [0, 0.1) is 5.82 Å². The molecule has 0 saturated heterocycles. The molecule has 94 valence electrons. The van der Waals surface area contributed by atoms with Crippen molar-refractivity contribution in [3.05, 3.63) is 59.4 Å². The van der Waals surface area contributed by atoms with Gasteiger partial charge >= 0.3 is 0 Å². The van der Waals surface area contributed by atoms with E-state index in [2.05, 4.69) is 15.3 Å². The highest BCUT2D eigenvalue weighted by Gasteiger charge is 2.05. The first-order valence-corrected chi connectivity index (χ1v) is 6.04. The highest BCUT2D eigenvalue weighted by molar-refractivity contribution is 5.21. The molecule has 0 saturated carbocycles. The molecule has 0 atom stereocenters. The van der Waals surface area contributed by atoms with E-state index in [0.29, 0.717) is 24.4 Å². The van der Waals surface area contributed by atoms with Crippen molar-refractivity contribution < 1.29 is 4.39 Å². The fourth-order valence-electron chi connectivity index (χ4n) is 1.69. The van der Waals surface area contributed by atoms with Crippen molar-refractivity contribution in [3.8, 4) is 0 Å². The lowest BCUT2D eigenvalue weighted by Crippen LogP contribution is -2.14. The Bertz CT molecular complexity index is 514. The van der Waals surface area contributed by atoms with E-state index in [1.807, 2.05) is 19.1 Å². The van der Waals surface area contributed by atoms with Crippen molar-refractivity contribution in [1.82, 2.24) is 15.3 Å². The van der Waals surface area contributed by atoms with Crippen LogP contribution in [-0.4, -0.2) is 16.5 Å². The molecule has 1 heterocycles. The molecule has 3 nitrogen and oxygen atoms in total. The van der Waals surface area contributed by atoms with E-state index in [1.165, 1.54) is 6.07 Å². The lowest BCUT2D eigenvalue weighted by molar-refractivity contribution is 0.611. The minimum atomic E-state index is -0.210. The molecule has 0 amide bonds. The summed E-state index contributed by atoms with van der Waals surface area (Å²) in [5, 5.41) is 3.20. The average molecular weight is 245 g/mol. The largest absolute Gasteiger partial charge is 0.311 e. The molecule has 0 unspecified atom stereocenters. The molecule has 2 aromatic rings. The molecule has 1 N–H and O–H groups in total. The highest BCUT2D eigenvalue weighted by atomic mass is 19.1. The van der Waals surface area contributed by atoms with Crippen molar-refractivity contribution >= 4 is 0 Å². The number of hydrogen-bond acceptors (Lipinski definition) is 3. The maximum Gasteiger partial charge on any atom is 0.133 e. The second-order valence-electron chi connectivity index (χ2n) is 4.01. The van der Waals surface area contributed by atoms with E-state index in [1.54, 1.807) is 18.3 Å². The summed E-state index contributed by atoms with van der Waals surface area (Å²) in [6.07, 6.45) is 2.14. The third kappa shape index (κ3) is 3.34. The zero-order valence-electron chi connectivity index (χ0n) is 10.4. The third-order valence-electron chi connectivity index (χ3n) is 2.63. The molecule has 0 aliphatic heterocycles. The maximum atomic E-state index is 13.5. The van der Waals surface area contributed by atoms with Crippen molar-refractivity contribution in [2.75, 3.05) is 6.54 Å². The molecule has 1 aromatic heterocycles. The number of aromatic nitrogens is 2. The Labute approximate surface area is 106 Å². The number of nitrogens with zero attached hydrogens (tertiary/aromatic N) is 2. The van der Waals surface area contributed by atoms with E-state index in [9.17, 15) is 4.39 Å². The molecule has 0 spiro atoms. The molecule has 0 radical (unpaired) electrons. The minimum absolute atomic E-state index is 0.210. The second kappa shape index (κ2) is 6.21. The zero-order chi connectivity index (χ0) is 12.8. The van der Waals surface area contributed by atoms with Gasteiger partial charge in [-0.3, -0.25) is 0 Å². The first kappa shape index (κ1) is 12.6. The fraction of sp³-hybridized carbons (Fsp3) is 0.286. The molecule has 2 rings (SSSR count). The van der Waals surface area contributed by atoms with Gasteiger partial charge < -0.3 is 5.32 Å². The third-order valence-corrected chi connectivity index (χ3v) is 2.63. The monoisotopic (exact) mass is 245 g/mol. The molecule has 18 heavy (non-hydrogen) atoms. The number of rotatable bonds is 5. The van der Waals surface area contributed by atoms with Crippen LogP contribution in [0.25, 0.3) is 0 Å². The molecule has 1 aromatic carbocycles. The lowest BCUT2D eigenvalue weighted by Gasteiger charge is -2.05. The van der Waals surface area contributed by atoms with Gasteiger partial charge in [0.15, 0.2) is 0 Å². The smallest absolute Gasteiger partial charge is 0.133 e. The van der Waals surface area contributed by atoms with Crippen LogP contribution in [0.1, 0.15) is 24.0 Å².